The Bertz CT molecular complexity index is 795. The molecule has 0 spiro atoms. The van der Waals surface area contributed by atoms with Gasteiger partial charge in [0.1, 0.15) is 0 Å². The monoisotopic (exact) mass is 419 g/mol. The van der Waals surface area contributed by atoms with Crippen LogP contribution in [0.3, 0.4) is 0 Å². The van der Waals surface area contributed by atoms with Crippen molar-refractivity contribution in [3.05, 3.63) is 54.6 Å². The van der Waals surface area contributed by atoms with Crippen LogP contribution in [-0.4, -0.2) is 62.2 Å². The van der Waals surface area contributed by atoms with Gasteiger partial charge in [0.05, 0.1) is 0 Å². The molecule has 0 atom stereocenters. The molecule has 0 amide bonds. The first kappa shape index (κ1) is 22.4. The summed E-state index contributed by atoms with van der Waals surface area (Å²) in [5, 5.41) is 0. The lowest BCUT2D eigenvalue weighted by Crippen LogP contribution is -2.47. The van der Waals surface area contributed by atoms with Gasteiger partial charge >= 0.3 is 0 Å². The van der Waals surface area contributed by atoms with Crippen molar-refractivity contribution in [2.24, 2.45) is 11.3 Å². The van der Waals surface area contributed by atoms with E-state index in [0.29, 0.717) is 5.41 Å². The van der Waals surface area contributed by atoms with Crippen LogP contribution in [0.25, 0.3) is 11.1 Å². The minimum Gasteiger partial charge on any atom is -0.369 e. The van der Waals surface area contributed by atoms with Crippen LogP contribution < -0.4 is 4.90 Å². The third-order valence-corrected chi connectivity index (χ3v) is 6.95. The fraction of sp³-hybridized carbons (Fsp3) is 0.571. The summed E-state index contributed by atoms with van der Waals surface area (Å²) in [7, 11) is 0. The van der Waals surface area contributed by atoms with Crippen LogP contribution in [0.4, 0.5) is 5.69 Å². The Morgan fingerprint density at radius 2 is 1.42 bits per heavy atom. The van der Waals surface area contributed by atoms with E-state index in [1.54, 1.807) is 0 Å². The molecule has 0 N–H and O–H groups in total. The summed E-state index contributed by atoms with van der Waals surface area (Å²) in [6, 6.07) is 19.8. The first-order chi connectivity index (χ1) is 15.0. The van der Waals surface area contributed by atoms with Gasteiger partial charge in [-0.3, -0.25) is 4.90 Å². The van der Waals surface area contributed by atoms with Gasteiger partial charge in [-0.15, -0.1) is 0 Å². The highest BCUT2D eigenvalue weighted by atomic mass is 15.3. The van der Waals surface area contributed by atoms with Crippen LogP contribution in [0.15, 0.2) is 54.6 Å². The van der Waals surface area contributed by atoms with Crippen LogP contribution in [0.1, 0.15) is 40.0 Å². The number of hydrogen-bond donors (Lipinski definition) is 0. The summed E-state index contributed by atoms with van der Waals surface area (Å²) in [5.74, 6) is 0.928. The molecule has 4 rings (SSSR count). The Morgan fingerprint density at radius 3 is 2.10 bits per heavy atom. The van der Waals surface area contributed by atoms with E-state index in [1.165, 1.54) is 75.3 Å². The van der Waals surface area contributed by atoms with Crippen LogP contribution in [0.2, 0.25) is 0 Å². The molecule has 2 aliphatic rings. The zero-order valence-electron chi connectivity index (χ0n) is 19.9. The molecule has 2 aliphatic heterocycles. The Hall–Kier alpha value is -1.84. The smallest absolute Gasteiger partial charge is 0.0373 e. The van der Waals surface area contributed by atoms with E-state index in [-0.39, 0.29) is 0 Å². The number of likely N-dealkylation sites (tertiary alicyclic amines) is 1. The number of benzene rings is 2. The van der Waals surface area contributed by atoms with Gasteiger partial charge in [0.25, 0.3) is 0 Å². The molecular formula is C28H41N3. The van der Waals surface area contributed by atoms with E-state index in [1.807, 2.05) is 0 Å². The number of anilines is 1. The highest BCUT2D eigenvalue weighted by Crippen LogP contribution is 2.27. The van der Waals surface area contributed by atoms with Crippen molar-refractivity contribution in [1.82, 2.24) is 9.80 Å². The average molecular weight is 420 g/mol. The molecule has 2 aromatic carbocycles. The number of hydrogen-bond acceptors (Lipinski definition) is 3. The van der Waals surface area contributed by atoms with Crippen LogP contribution >= 0.6 is 0 Å². The molecule has 2 fully saturated rings. The van der Waals surface area contributed by atoms with Crippen molar-refractivity contribution in [3.63, 3.8) is 0 Å². The Labute approximate surface area is 190 Å². The zero-order valence-corrected chi connectivity index (χ0v) is 19.9. The predicted molar refractivity (Wildman–Crippen MR) is 134 cm³/mol. The van der Waals surface area contributed by atoms with Crippen molar-refractivity contribution < 1.29 is 0 Å². The molecule has 0 saturated carbocycles. The average Bonchev–Trinajstić information content (AvgIpc) is 2.79. The van der Waals surface area contributed by atoms with E-state index >= 15 is 0 Å². The highest BCUT2D eigenvalue weighted by molar-refractivity contribution is 5.68. The fourth-order valence-electron chi connectivity index (χ4n) is 5.21. The van der Waals surface area contributed by atoms with E-state index in [4.69, 9.17) is 0 Å². The maximum Gasteiger partial charge on any atom is 0.0373 e. The summed E-state index contributed by atoms with van der Waals surface area (Å²) >= 11 is 0. The largest absolute Gasteiger partial charge is 0.369 e. The van der Waals surface area contributed by atoms with Crippen molar-refractivity contribution in [1.29, 1.82) is 0 Å². The second-order valence-corrected chi connectivity index (χ2v) is 10.8. The maximum absolute atomic E-state index is 2.69. The highest BCUT2D eigenvalue weighted by Gasteiger charge is 2.24. The fourth-order valence-corrected chi connectivity index (χ4v) is 5.21. The van der Waals surface area contributed by atoms with Gasteiger partial charge in [0.2, 0.25) is 0 Å². The summed E-state index contributed by atoms with van der Waals surface area (Å²) < 4.78 is 0. The van der Waals surface area contributed by atoms with Gasteiger partial charge in [-0.25, -0.2) is 0 Å². The Kier molecular flexibility index (Phi) is 7.35. The maximum atomic E-state index is 2.69. The summed E-state index contributed by atoms with van der Waals surface area (Å²) in [6.07, 6.45) is 4.16. The molecule has 3 nitrogen and oxygen atoms in total. The number of piperazine rings is 1. The van der Waals surface area contributed by atoms with Gasteiger partial charge in [-0.2, -0.15) is 0 Å². The van der Waals surface area contributed by atoms with Gasteiger partial charge < -0.3 is 9.80 Å². The number of rotatable bonds is 6. The molecule has 2 saturated heterocycles. The molecule has 0 bridgehead atoms. The molecule has 3 heteroatoms. The minimum absolute atomic E-state index is 0.424. The third-order valence-electron chi connectivity index (χ3n) is 6.95. The molecule has 0 aromatic heterocycles. The number of piperidine rings is 1. The summed E-state index contributed by atoms with van der Waals surface area (Å²) in [5.41, 5.74) is 4.41. The van der Waals surface area contributed by atoms with E-state index in [9.17, 15) is 0 Å². The van der Waals surface area contributed by atoms with Crippen molar-refractivity contribution in [2.75, 3.05) is 57.3 Å². The van der Waals surface area contributed by atoms with Crippen molar-refractivity contribution >= 4 is 5.69 Å². The second kappa shape index (κ2) is 10.2. The molecule has 31 heavy (non-hydrogen) atoms. The molecule has 2 aromatic rings. The lowest BCUT2D eigenvalue weighted by atomic mass is 9.90. The lowest BCUT2D eigenvalue weighted by molar-refractivity contribution is 0.126. The SMILES string of the molecule is CC(C)(C)CN1CCC(CCN2CCN(c3cccc(-c4ccccc4)c3)CC2)CC1. The Morgan fingerprint density at radius 1 is 0.742 bits per heavy atom. The molecule has 0 unspecified atom stereocenters. The van der Waals surface area contributed by atoms with Gasteiger partial charge in [-0.05, 0) is 73.5 Å². The van der Waals surface area contributed by atoms with Crippen LogP contribution in [0, 0.1) is 11.3 Å². The number of nitrogens with zero attached hydrogens (tertiary/aromatic N) is 3. The Balaban J connectivity index is 1.20. The second-order valence-electron chi connectivity index (χ2n) is 10.8. The molecule has 2 heterocycles. The van der Waals surface area contributed by atoms with E-state index in [2.05, 4.69) is 90.1 Å². The van der Waals surface area contributed by atoms with E-state index in [0.717, 1.165) is 19.0 Å². The van der Waals surface area contributed by atoms with Crippen molar-refractivity contribution in [3.8, 4) is 11.1 Å². The topological polar surface area (TPSA) is 9.72 Å². The summed E-state index contributed by atoms with van der Waals surface area (Å²) in [4.78, 5) is 7.94. The van der Waals surface area contributed by atoms with Crippen molar-refractivity contribution in [2.45, 2.75) is 40.0 Å². The standard InChI is InChI=1S/C28H41N3/c1-28(2,3)23-30-16-13-24(14-17-30)12-15-29-18-20-31(21-19-29)27-11-7-10-26(22-27)25-8-5-4-6-9-25/h4-11,22,24H,12-21,23H2,1-3H3. The quantitative estimate of drug-likeness (QED) is 0.601. The minimum atomic E-state index is 0.424. The zero-order chi connectivity index (χ0) is 21.7. The van der Waals surface area contributed by atoms with Gasteiger partial charge in [0, 0.05) is 38.4 Å². The van der Waals surface area contributed by atoms with Gasteiger partial charge in [-0.1, -0.05) is 63.2 Å². The van der Waals surface area contributed by atoms with E-state index < -0.39 is 0 Å². The summed E-state index contributed by atoms with van der Waals surface area (Å²) in [6.45, 7) is 16.9. The predicted octanol–water partition coefficient (Wildman–Crippen LogP) is 5.62. The first-order valence-electron chi connectivity index (χ1n) is 12.3. The normalized spacial score (nSPS) is 19.6. The molecule has 0 aliphatic carbocycles. The molecular weight excluding hydrogens is 378 g/mol. The van der Waals surface area contributed by atoms with Crippen LogP contribution in [0.5, 0.6) is 0 Å². The van der Waals surface area contributed by atoms with Crippen LogP contribution in [-0.2, 0) is 0 Å². The molecule has 0 radical (unpaired) electrons. The van der Waals surface area contributed by atoms with Gasteiger partial charge in [0.15, 0.2) is 0 Å². The first-order valence-corrected chi connectivity index (χ1v) is 12.3. The third kappa shape index (κ3) is 6.57. The molecule has 168 valence electrons. The lowest BCUT2D eigenvalue weighted by Gasteiger charge is -2.38.